The van der Waals surface area contributed by atoms with Crippen molar-refractivity contribution in [2.75, 3.05) is 14.1 Å². The van der Waals surface area contributed by atoms with Crippen LogP contribution in [-0.2, 0) is 13.1 Å². The van der Waals surface area contributed by atoms with Gasteiger partial charge in [-0.05, 0) is 37.4 Å². The fraction of sp³-hybridized carbons (Fsp3) is 0.200. The van der Waals surface area contributed by atoms with E-state index in [2.05, 4.69) is 10.2 Å². The van der Waals surface area contributed by atoms with E-state index in [1.165, 1.54) is 5.56 Å². The molecule has 2 aromatic carbocycles. The molecule has 1 amide bonds. The molecule has 5 nitrogen and oxygen atoms in total. The molecule has 0 saturated heterocycles. The van der Waals surface area contributed by atoms with Crippen molar-refractivity contribution in [1.29, 1.82) is 0 Å². The van der Waals surface area contributed by atoms with Crippen molar-refractivity contribution >= 4 is 16.9 Å². The van der Waals surface area contributed by atoms with Gasteiger partial charge in [0.1, 0.15) is 11.1 Å². The van der Waals surface area contributed by atoms with E-state index < -0.39 is 11.5 Å². The van der Waals surface area contributed by atoms with Crippen LogP contribution in [0.15, 0.2) is 63.8 Å². The molecule has 3 rings (SSSR count). The minimum atomic E-state index is -0.627. The van der Waals surface area contributed by atoms with Crippen molar-refractivity contribution in [2.24, 2.45) is 0 Å². The summed E-state index contributed by atoms with van der Waals surface area (Å²) in [5.41, 5.74) is 2.04. The topological polar surface area (TPSA) is 62.6 Å². The van der Waals surface area contributed by atoms with Gasteiger partial charge in [-0.3, -0.25) is 4.79 Å². The highest BCUT2D eigenvalue weighted by atomic mass is 16.4. The summed E-state index contributed by atoms with van der Waals surface area (Å²) in [6, 6.07) is 16.7. The summed E-state index contributed by atoms with van der Waals surface area (Å²) in [4.78, 5) is 26.4. The molecule has 25 heavy (non-hydrogen) atoms. The van der Waals surface area contributed by atoms with Crippen LogP contribution in [0.2, 0.25) is 0 Å². The third kappa shape index (κ3) is 4.14. The second-order valence-electron chi connectivity index (χ2n) is 6.22. The van der Waals surface area contributed by atoms with Gasteiger partial charge in [-0.15, -0.1) is 0 Å². The summed E-state index contributed by atoms with van der Waals surface area (Å²) >= 11 is 0. The number of hydrogen-bond acceptors (Lipinski definition) is 4. The summed E-state index contributed by atoms with van der Waals surface area (Å²) in [7, 11) is 4.03. The maximum absolute atomic E-state index is 12.3. The van der Waals surface area contributed by atoms with Crippen LogP contribution in [0.5, 0.6) is 0 Å². The van der Waals surface area contributed by atoms with Crippen LogP contribution in [0.1, 0.15) is 21.5 Å². The summed E-state index contributed by atoms with van der Waals surface area (Å²) in [5, 5.41) is 3.49. The lowest BCUT2D eigenvalue weighted by atomic mass is 10.1. The molecule has 5 heteroatoms. The number of hydrogen-bond donors (Lipinski definition) is 1. The van der Waals surface area contributed by atoms with E-state index in [4.69, 9.17) is 4.42 Å². The van der Waals surface area contributed by atoms with E-state index in [0.717, 1.165) is 17.5 Å². The van der Waals surface area contributed by atoms with Crippen molar-refractivity contribution in [3.63, 3.8) is 0 Å². The summed E-state index contributed by atoms with van der Waals surface area (Å²) in [5.74, 6) is -0.433. The quantitative estimate of drug-likeness (QED) is 0.728. The zero-order valence-corrected chi connectivity index (χ0v) is 14.3. The van der Waals surface area contributed by atoms with Crippen molar-refractivity contribution < 1.29 is 9.21 Å². The van der Waals surface area contributed by atoms with Gasteiger partial charge in [-0.2, -0.15) is 0 Å². The first-order valence-corrected chi connectivity index (χ1v) is 8.06. The molecule has 128 valence electrons. The van der Waals surface area contributed by atoms with Crippen LogP contribution in [-0.4, -0.2) is 24.9 Å². The van der Waals surface area contributed by atoms with E-state index in [9.17, 15) is 9.59 Å². The second-order valence-corrected chi connectivity index (χ2v) is 6.22. The molecule has 1 aromatic heterocycles. The van der Waals surface area contributed by atoms with E-state index in [1.807, 2.05) is 44.4 Å². The van der Waals surface area contributed by atoms with Gasteiger partial charge in [0, 0.05) is 18.5 Å². The molecule has 3 aromatic rings. The predicted octanol–water partition coefficient (Wildman–Crippen LogP) is 2.78. The van der Waals surface area contributed by atoms with Gasteiger partial charge in [0.2, 0.25) is 0 Å². The van der Waals surface area contributed by atoms with Crippen molar-refractivity contribution in [3.8, 4) is 0 Å². The fourth-order valence-corrected chi connectivity index (χ4v) is 2.63. The first-order chi connectivity index (χ1) is 12.0. The van der Waals surface area contributed by atoms with Crippen LogP contribution in [0.4, 0.5) is 0 Å². The molecule has 0 aliphatic rings. The van der Waals surface area contributed by atoms with E-state index >= 15 is 0 Å². The van der Waals surface area contributed by atoms with Gasteiger partial charge in [0.25, 0.3) is 5.91 Å². The van der Waals surface area contributed by atoms with Crippen LogP contribution in [0.25, 0.3) is 11.0 Å². The number of para-hydroxylation sites is 1. The lowest BCUT2D eigenvalue weighted by molar-refractivity contribution is 0.0947. The zero-order valence-electron chi connectivity index (χ0n) is 14.3. The van der Waals surface area contributed by atoms with Gasteiger partial charge in [-0.25, -0.2) is 4.79 Å². The molecule has 0 saturated carbocycles. The maximum atomic E-state index is 12.3. The monoisotopic (exact) mass is 336 g/mol. The number of nitrogens with zero attached hydrogens (tertiary/aromatic N) is 1. The Morgan fingerprint density at radius 3 is 2.44 bits per heavy atom. The molecule has 0 bridgehead atoms. The largest absolute Gasteiger partial charge is 0.422 e. The van der Waals surface area contributed by atoms with Crippen molar-refractivity contribution in [1.82, 2.24) is 10.2 Å². The first-order valence-electron chi connectivity index (χ1n) is 8.06. The maximum Gasteiger partial charge on any atom is 0.349 e. The minimum absolute atomic E-state index is 0.0166. The lowest BCUT2D eigenvalue weighted by Gasteiger charge is -2.10. The summed E-state index contributed by atoms with van der Waals surface area (Å²) in [6.07, 6.45) is 0. The van der Waals surface area contributed by atoms with Gasteiger partial charge < -0.3 is 14.6 Å². The normalized spacial score (nSPS) is 11.0. The molecule has 0 radical (unpaired) electrons. The van der Waals surface area contributed by atoms with Gasteiger partial charge in [0.15, 0.2) is 0 Å². The van der Waals surface area contributed by atoms with Crippen LogP contribution < -0.4 is 10.9 Å². The standard InChI is InChI=1S/C20H20N2O3/c1-22(2)13-15-9-7-14(8-10-15)12-21-19(23)17-11-16-5-3-4-6-18(16)25-20(17)24/h3-11H,12-13H2,1-2H3,(H,21,23). The number of amides is 1. The Bertz CT molecular complexity index is 943. The average Bonchev–Trinajstić information content (AvgIpc) is 2.60. The summed E-state index contributed by atoms with van der Waals surface area (Å²) < 4.78 is 5.20. The van der Waals surface area contributed by atoms with Crippen LogP contribution in [0, 0.1) is 0 Å². The lowest BCUT2D eigenvalue weighted by Crippen LogP contribution is -2.27. The molecule has 0 atom stereocenters. The van der Waals surface area contributed by atoms with E-state index in [0.29, 0.717) is 12.1 Å². The molecule has 0 unspecified atom stereocenters. The molecule has 0 aliphatic carbocycles. The molecule has 0 fully saturated rings. The van der Waals surface area contributed by atoms with E-state index in [-0.39, 0.29) is 5.56 Å². The number of carbonyl (C=O) groups is 1. The highest BCUT2D eigenvalue weighted by Crippen LogP contribution is 2.12. The highest BCUT2D eigenvalue weighted by Gasteiger charge is 2.13. The first kappa shape index (κ1) is 16.9. The Labute approximate surface area is 145 Å². The summed E-state index contributed by atoms with van der Waals surface area (Å²) in [6.45, 7) is 1.22. The van der Waals surface area contributed by atoms with Gasteiger partial charge in [0.05, 0.1) is 0 Å². The Balaban J connectivity index is 1.70. The SMILES string of the molecule is CN(C)Cc1ccc(CNC(=O)c2cc3ccccc3oc2=O)cc1. The highest BCUT2D eigenvalue weighted by molar-refractivity contribution is 5.96. The Kier molecular flexibility index (Phi) is 4.95. The average molecular weight is 336 g/mol. The Morgan fingerprint density at radius 1 is 1.04 bits per heavy atom. The third-order valence-electron chi connectivity index (χ3n) is 3.86. The molecule has 0 spiro atoms. The zero-order chi connectivity index (χ0) is 17.8. The fourth-order valence-electron chi connectivity index (χ4n) is 2.63. The molecule has 1 N–H and O–H groups in total. The molecule has 0 aliphatic heterocycles. The van der Waals surface area contributed by atoms with Crippen molar-refractivity contribution in [2.45, 2.75) is 13.1 Å². The minimum Gasteiger partial charge on any atom is -0.422 e. The van der Waals surface area contributed by atoms with Crippen molar-refractivity contribution in [3.05, 3.63) is 81.7 Å². The van der Waals surface area contributed by atoms with Crippen LogP contribution in [0.3, 0.4) is 0 Å². The molecule has 1 heterocycles. The third-order valence-corrected chi connectivity index (χ3v) is 3.86. The van der Waals surface area contributed by atoms with E-state index in [1.54, 1.807) is 24.3 Å². The number of fused-ring (bicyclic) bond motifs is 1. The molecular weight excluding hydrogens is 316 g/mol. The predicted molar refractivity (Wildman–Crippen MR) is 97.5 cm³/mol. The number of carbonyl (C=O) groups excluding carboxylic acids is 1. The van der Waals surface area contributed by atoms with Crippen LogP contribution >= 0.6 is 0 Å². The number of nitrogens with one attached hydrogen (secondary N) is 1. The Hall–Kier alpha value is -2.92. The number of benzene rings is 2. The Morgan fingerprint density at radius 2 is 1.72 bits per heavy atom. The van der Waals surface area contributed by atoms with Gasteiger partial charge in [-0.1, -0.05) is 42.5 Å². The second kappa shape index (κ2) is 7.32. The number of rotatable bonds is 5. The smallest absolute Gasteiger partial charge is 0.349 e. The molecular formula is C20H20N2O3. The van der Waals surface area contributed by atoms with Gasteiger partial charge >= 0.3 is 5.63 Å².